The lowest BCUT2D eigenvalue weighted by Crippen LogP contribution is -2.42. The summed E-state index contributed by atoms with van der Waals surface area (Å²) in [4.78, 5) is 7.09. The monoisotopic (exact) mass is 398 g/mol. The molecule has 0 aromatic heterocycles. The van der Waals surface area contributed by atoms with Gasteiger partial charge in [-0.3, -0.25) is 4.99 Å². The summed E-state index contributed by atoms with van der Waals surface area (Å²) >= 11 is 0. The summed E-state index contributed by atoms with van der Waals surface area (Å²) in [5.41, 5.74) is 0. The molecule has 0 saturated heterocycles. The van der Waals surface area contributed by atoms with Gasteiger partial charge in [0, 0.05) is 19.1 Å². The van der Waals surface area contributed by atoms with Crippen molar-refractivity contribution in [2.45, 2.75) is 59.9 Å². The van der Waals surface area contributed by atoms with Crippen LogP contribution in [0.3, 0.4) is 0 Å². The van der Waals surface area contributed by atoms with E-state index in [2.05, 4.69) is 55.1 Å². The van der Waals surface area contributed by atoms with Crippen LogP contribution in [-0.2, 0) is 0 Å². The smallest absolute Gasteiger partial charge is 0.191 e. The molecule has 0 fully saturated rings. The van der Waals surface area contributed by atoms with E-state index in [1.54, 1.807) is 0 Å². The molecule has 0 spiro atoms. The zero-order chi connectivity index (χ0) is 14.5. The van der Waals surface area contributed by atoms with Gasteiger partial charge in [0.1, 0.15) is 0 Å². The molecule has 0 aliphatic carbocycles. The van der Waals surface area contributed by atoms with Crippen molar-refractivity contribution >= 4 is 29.9 Å². The van der Waals surface area contributed by atoms with Crippen LogP contribution in [0.5, 0.6) is 0 Å². The fourth-order valence-electron chi connectivity index (χ4n) is 1.83. The number of aliphatic imine (C=N–C) groups is 1. The third-order valence-electron chi connectivity index (χ3n) is 3.39. The summed E-state index contributed by atoms with van der Waals surface area (Å²) in [6, 6.07) is 0.480. The molecule has 0 aromatic carbocycles. The number of nitrogens with zero attached hydrogens (tertiary/aromatic N) is 2. The van der Waals surface area contributed by atoms with E-state index < -0.39 is 0 Å². The average molecular weight is 398 g/mol. The highest BCUT2D eigenvalue weighted by atomic mass is 127. The van der Waals surface area contributed by atoms with Gasteiger partial charge in [-0.05, 0) is 52.7 Å². The van der Waals surface area contributed by atoms with Crippen LogP contribution in [0.4, 0.5) is 0 Å². The van der Waals surface area contributed by atoms with Crippen molar-refractivity contribution in [2.24, 2.45) is 4.99 Å². The minimum absolute atomic E-state index is 0. The Morgan fingerprint density at radius 3 is 2.25 bits per heavy atom. The maximum absolute atomic E-state index is 4.63. The Kier molecular flexibility index (Phi) is 17.1. The van der Waals surface area contributed by atoms with Gasteiger partial charge in [-0.25, -0.2) is 0 Å². The van der Waals surface area contributed by atoms with E-state index in [4.69, 9.17) is 0 Å². The van der Waals surface area contributed by atoms with E-state index in [9.17, 15) is 0 Å². The zero-order valence-electron chi connectivity index (χ0n) is 14.0. The first-order valence-electron chi connectivity index (χ1n) is 7.94. The Bertz CT molecular complexity index is 230. The lowest BCUT2D eigenvalue weighted by molar-refractivity contribution is 0.297. The second-order valence-corrected chi connectivity index (χ2v) is 4.95. The molecular formula is C15H35IN4. The summed E-state index contributed by atoms with van der Waals surface area (Å²) < 4.78 is 0. The molecule has 0 aliphatic rings. The van der Waals surface area contributed by atoms with Gasteiger partial charge in [0.15, 0.2) is 5.96 Å². The minimum atomic E-state index is 0. The summed E-state index contributed by atoms with van der Waals surface area (Å²) in [5.74, 6) is 0.958. The average Bonchev–Trinajstić information content (AvgIpc) is 2.42. The predicted molar refractivity (Wildman–Crippen MR) is 101 cm³/mol. The van der Waals surface area contributed by atoms with Crippen LogP contribution in [-0.4, -0.2) is 49.6 Å². The first-order chi connectivity index (χ1) is 9.17. The van der Waals surface area contributed by atoms with E-state index in [1.165, 1.54) is 13.0 Å². The number of hydrogen-bond acceptors (Lipinski definition) is 2. The molecule has 0 amide bonds. The van der Waals surface area contributed by atoms with E-state index in [0.29, 0.717) is 6.04 Å². The predicted octanol–water partition coefficient (Wildman–Crippen LogP) is 3.08. The maximum Gasteiger partial charge on any atom is 0.191 e. The fraction of sp³-hybridized carbons (Fsp3) is 0.933. The van der Waals surface area contributed by atoms with Gasteiger partial charge in [-0.1, -0.05) is 20.8 Å². The molecule has 122 valence electrons. The molecule has 0 rings (SSSR count). The van der Waals surface area contributed by atoms with Gasteiger partial charge in [0.05, 0.1) is 0 Å². The molecule has 5 heteroatoms. The van der Waals surface area contributed by atoms with E-state index in [1.807, 2.05) is 0 Å². The van der Waals surface area contributed by atoms with Crippen LogP contribution >= 0.6 is 24.0 Å². The van der Waals surface area contributed by atoms with Crippen molar-refractivity contribution in [1.82, 2.24) is 15.5 Å². The normalized spacial score (nSPS) is 13.0. The Hall–Kier alpha value is -0.0400. The van der Waals surface area contributed by atoms with Crippen LogP contribution in [0.25, 0.3) is 0 Å². The number of rotatable bonds is 10. The number of hydrogen-bond donors (Lipinski definition) is 2. The molecular weight excluding hydrogens is 363 g/mol. The standard InChI is InChI=1S/C15H34N4.HI/c1-6-14(5)18-15(16-7-2)17-12-10-11-13-19(8-3)9-4;/h14H,6-13H2,1-5H3,(H2,16,17,18);1H. The molecule has 0 aliphatic heterocycles. The van der Waals surface area contributed by atoms with E-state index in [0.717, 1.165) is 45.0 Å². The number of halogens is 1. The van der Waals surface area contributed by atoms with Gasteiger partial charge < -0.3 is 15.5 Å². The van der Waals surface area contributed by atoms with Crippen LogP contribution in [0.1, 0.15) is 53.9 Å². The molecule has 0 radical (unpaired) electrons. The highest BCUT2D eigenvalue weighted by molar-refractivity contribution is 14.0. The third-order valence-corrected chi connectivity index (χ3v) is 3.39. The molecule has 0 aromatic rings. The SMILES string of the molecule is CCNC(=NCCCCN(CC)CC)NC(C)CC.I. The van der Waals surface area contributed by atoms with Crippen molar-refractivity contribution in [1.29, 1.82) is 0 Å². The lowest BCUT2D eigenvalue weighted by atomic mass is 10.3. The Morgan fingerprint density at radius 2 is 1.75 bits per heavy atom. The number of unbranched alkanes of at least 4 members (excludes halogenated alkanes) is 1. The summed E-state index contributed by atoms with van der Waals surface area (Å²) in [6.07, 6.45) is 3.51. The van der Waals surface area contributed by atoms with Crippen molar-refractivity contribution in [2.75, 3.05) is 32.7 Å². The summed E-state index contributed by atoms with van der Waals surface area (Å²) in [7, 11) is 0. The van der Waals surface area contributed by atoms with Gasteiger partial charge in [0.2, 0.25) is 0 Å². The maximum atomic E-state index is 4.63. The molecule has 20 heavy (non-hydrogen) atoms. The number of guanidine groups is 1. The first-order valence-corrected chi connectivity index (χ1v) is 7.94. The Morgan fingerprint density at radius 1 is 1.10 bits per heavy atom. The van der Waals surface area contributed by atoms with Gasteiger partial charge in [0.25, 0.3) is 0 Å². The topological polar surface area (TPSA) is 39.7 Å². The van der Waals surface area contributed by atoms with Crippen LogP contribution in [0, 0.1) is 0 Å². The highest BCUT2D eigenvalue weighted by Gasteiger charge is 2.02. The zero-order valence-corrected chi connectivity index (χ0v) is 16.4. The van der Waals surface area contributed by atoms with E-state index >= 15 is 0 Å². The largest absolute Gasteiger partial charge is 0.357 e. The summed E-state index contributed by atoms with van der Waals surface area (Å²) in [5, 5.41) is 6.72. The highest BCUT2D eigenvalue weighted by Crippen LogP contribution is 1.96. The van der Waals surface area contributed by atoms with Gasteiger partial charge in [-0.2, -0.15) is 0 Å². The van der Waals surface area contributed by atoms with Gasteiger partial charge >= 0.3 is 0 Å². The molecule has 1 atom stereocenters. The quantitative estimate of drug-likeness (QED) is 0.257. The van der Waals surface area contributed by atoms with Crippen molar-refractivity contribution in [3.63, 3.8) is 0 Å². The molecule has 0 saturated carbocycles. The molecule has 2 N–H and O–H groups in total. The Labute approximate surface area is 143 Å². The van der Waals surface area contributed by atoms with Crippen LogP contribution in [0.2, 0.25) is 0 Å². The molecule has 1 unspecified atom stereocenters. The van der Waals surface area contributed by atoms with Crippen molar-refractivity contribution in [3.05, 3.63) is 0 Å². The second-order valence-electron chi connectivity index (χ2n) is 4.95. The third kappa shape index (κ3) is 11.8. The minimum Gasteiger partial charge on any atom is -0.357 e. The molecule has 0 bridgehead atoms. The number of nitrogens with one attached hydrogen (secondary N) is 2. The molecule has 4 nitrogen and oxygen atoms in total. The first kappa shape index (κ1) is 22.2. The molecule has 0 heterocycles. The van der Waals surface area contributed by atoms with E-state index in [-0.39, 0.29) is 24.0 Å². The summed E-state index contributed by atoms with van der Waals surface area (Å²) in [6.45, 7) is 16.2. The van der Waals surface area contributed by atoms with Crippen LogP contribution < -0.4 is 10.6 Å². The van der Waals surface area contributed by atoms with Crippen molar-refractivity contribution in [3.8, 4) is 0 Å². The van der Waals surface area contributed by atoms with Crippen molar-refractivity contribution < 1.29 is 0 Å². The van der Waals surface area contributed by atoms with Crippen LogP contribution in [0.15, 0.2) is 4.99 Å². The second kappa shape index (κ2) is 15.4. The lowest BCUT2D eigenvalue weighted by Gasteiger charge is -2.18. The fourth-order valence-corrected chi connectivity index (χ4v) is 1.83. The van der Waals surface area contributed by atoms with Gasteiger partial charge in [-0.15, -0.1) is 24.0 Å². The Balaban J connectivity index is 0.